The SMILES string of the molecule is CC1CCCC(OS(=O)(=O)C(F)(F)F)=C1CO. The van der Waals surface area contributed by atoms with E-state index in [-0.39, 0.29) is 23.7 Å². The summed E-state index contributed by atoms with van der Waals surface area (Å²) in [5.74, 6) is -0.448. The maximum absolute atomic E-state index is 12.1. The van der Waals surface area contributed by atoms with Gasteiger partial charge in [-0.2, -0.15) is 21.6 Å². The molecule has 0 aromatic heterocycles. The monoisotopic (exact) mass is 274 g/mol. The summed E-state index contributed by atoms with van der Waals surface area (Å²) in [7, 11) is -5.63. The Morgan fingerprint density at radius 1 is 1.47 bits per heavy atom. The summed E-state index contributed by atoms with van der Waals surface area (Å²) in [6.07, 6.45) is 1.32. The van der Waals surface area contributed by atoms with Gasteiger partial charge in [-0.1, -0.05) is 6.92 Å². The van der Waals surface area contributed by atoms with E-state index in [1.807, 2.05) is 0 Å². The molecule has 1 aliphatic carbocycles. The molecule has 8 heteroatoms. The fourth-order valence-corrected chi connectivity index (χ4v) is 2.25. The summed E-state index contributed by atoms with van der Waals surface area (Å²) in [4.78, 5) is 0. The van der Waals surface area contributed by atoms with Crippen LogP contribution in [0.5, 0.6) is 0 Å². The molecule has 4 nitrogen and oxygen atoms in total. The number of hydrogen-bond acceptors (Lipinski definition) is 4. The molecule has 0 bridgehead atoms. The van der Waals surface area contributed by atoms with E-state index in [0.29, 0.717) is 12.8 Å². The second kappa shape index (κ2) is 4.85. The lowest BCUT2D eigenvalue weighted by Crippen LogP contribution is -2.27. The number of rotatable bonds is 3. The Morgan fingerprint density at radius 3 is 2.53 bits per heavy atom. The summed E-state index contributed by atoms with van der Waals surface area (Å²) in [5.41, 5.74) is -5.22. The summed E-state index contributed by atoms with van der Waals surface area (Å²) in [5, 5.41) is 9.02. The van der Waals surface area contributed by atoms with Gasteiger partial charge >= 0.3 is 15.6 Å². The predicted molar refractivity (Wildman–Crippen MR) is 53.2 cm³/mol. The highest BCUT2D eigenvalue weighted by Crippen LogP contribution is 2.34. The van der Waals surface area contributed by atoms with Crippen molar-refractivity contribution in [1.29, 1.82) is 0 Å². The van der Waals surface area contributed by atoms with Crippen LogP contribution in [0.1, 0.15) is 26.2 Å². The van der Waals surface area contributed by atoms with Crippen LogP contribution >= 0.6 is 0 Å². The van der Waals surface area contributed by atoms with Gasteiger partial charge in [-0.05, 0) is 24.3 Å². The molecule has 0 saturated carbocycles. The Morgan fingerprint density at radius 2 is 2.06 bits per heavy atom. The molecule has 1 atom stereocenters. The molecule has 0 radical (unpaired) electrons. The molecule has 100 valence electrons. The van der Waals surface area contributed by atoms with Crippen molar-refractivity contribution in [1.82, 2.24) is 0 Å². The number of hydrogen-bond donors (Lipinski definition) is 1. The van der Waals surface area contributed by atoms with Gasteiger partial charge in [0.05, 0.1) is 6.61 Å². The average molecular weight is 274 g/mol. The van der Waals surface area contributed by atoms with Gasteiger partial charge in [0, 0.05) is 6.42 Å². The maximum atomic E-state index is 12.1. The Labute approximate surface area is 97.2 Å². The van der Waals surface area contributed by atoms with E-state index in [4.69, 9.17) is 5.11 Å². The van der Waals surface area contributed by atoms with Crippen molar-refractivity contribution < 1.29 is 30.9 Å². The van der Waals surface area contributed by atoms with Crippen molar-refractivity contribution >= 4 is 10.1 Å². The maximum Gasteiger partial charge on any atom is 0.534 e. The van der Waals surface area contributed by atoms with Crippen LogP contribution in [0.15, 0.2) is 11.3 Å². The zero-order valence-corrected chi connectivity index (χ0v) is 9.94. The quantitative estimate of drug-likeness (QED) is 0.631. The van der Waals surface area contributed by atoms with Crippen LogP contribution in [0.2, 0.25) is 0 Å². The molecule has 0 aliphatic heterocycles. The topological polar surface area (TPSA) is 63.6 Å². The van der Waals surface area contributed by atoms with Crippen molar-refractivity contribution in [2.24, 2.45) is 5.92 Å². The first-order chi connectivity index (χ1) is 7.69. The van der Waals surface area contributed by atoms with Gasteiger partial charge in [-0.15, -0.1) is 0 Å². The minimum Gasteiger partial charge on any atom is -0.392 e. The molecule has 1 unspecified atom stereocenters. The highest BCUT2D eigenvalue weighted by atomic mass is 32.2. The molecule has 1 N–H and O–H groups in total. The summed E-state index contributed by atoms with van der Waals surface area (Å²) < 4.78 is 62.1. The largest absolute Gasteiger partial charge is 0.534 e. The summed E-state index contributed by atoms with van der Waals surface area (Å²) in [6.45, 7) is 1.21. The van der Waals surface area contributed by atoms with Crippen LogP contribution in [-0.2, 0) is 14.3 Å². The Balaban J connectivity index is 3.01. The van der Waals surface area contributed by atoms with Crippen LogP contribution in [0.4, 0.5) is 13.2 Å². The van der Waals surface area contributed by atoms with E-state index in [1.54, 1.807) is 6.92 Å². The molecule has 0 aromatic carbocycles. The van der Waals surface area contributed by atoms with Crippen LogP contribution in [-0.4, -0.2) is 25.6 Å². The van der Waals surface area contributed by atoms with Gasteiger partial charge in [-0.3, -0.25) is 0 Å². The van der Waals surface area contributed by atoms with E-state index in [9.17, 15) is 21.6 Å². The first-order valence-electron chi connectivity index (χ1n) is 5.02. The summed E-state index contributed by atoms with van der Waals surface area (Å²) >= 11 is 0. The third-order valence-electron chi connectivity index (χ3n) is 2.66. The predicted octanol–water partition coefficient (Wildman–Crippen LogP) is 1.92. The molecular weight excluding hydrogens is 261 g/mol. The van der Waals surface area contributed by atoms with Crippen molar-refractivity contribution in [3.63, 3.8) is 0 Å². The number of aliphatic hydroxyl groups is 1. The fourth-order valence-electron chi connectivity index (χ4n) is 1.70. The van der Waals surface area contributed by atoms with Crippen molar-refractivity contribution in [2.75, 3.05) is 6.61 Å². The fraction of sp³-hybridized carbons (Fsp3) is 0.778. The van der Waals surface area contributed by atoms with Gasteiger partial charge < -0.3 is 9.29 Å². The number of allylic oxidation sites excluding steroid dienone is 1. The smallest absolute Gasteiger partial charge is 0.392 e. The molecular formula is C9H13F3O4S. The molecule has 0 spiro atoms. The highest BCUT2D eigenvalue weighted by molar-refractivity contribution is 7.87. The lowest BCUT2D eigenvalue weighted by Gasteiger charge is -2.24. The zero-order valence-electron chi connectivity index (χ0n) is 9.12. The van der Waals surface area contributed by atoms with Gasteiger partial charge in [0.1, 0.15) is 5.76 Å². The Kier molecular flexibility index (Phi) is 4.08. The third-order valence-corrected chi connectivity index (χ3v) is 3.65. The van der Waals surface area contributed by atoms with E-state index in [0.717, 1.165) is 0 Å². The summed E-state index contributed by atoms with van der Waals surface area (Å²) in [6, 6.07) is 0. The minimum atomic E-state index is -5.63. The first kappa shape index (κ1) is 14.3. The third kappa shape index (κ3) is 3.12. The minimum absolute atomic E-state index is 0.0928. The highest BCUT2D eigenvalue weighted by Gasteiger charge is 2.49. The first-order valence-corrected chi connectivity index (χ1v) is 6.43. The number of aliphatic hydroxyl groups excluding tert-OH is 1. The van der Waals surface area contributed by atoms with Crippen LogP contribution < -0.4 is 0 Å². The molecule has 17 heavy (non-hydrogen) atoms. The standard InChI is InChI=1S/C9H13F3O4S/c1-6-3-2-4-8(7(6)5-13)16-17(14,15)9(10,11)12/h6,13H,2-5H2,1H3. The Bertz CT molecular complexity index is 410. The molecule has 0 fully saturated rings. The second-order valence-corrected chi connectivity index (χ2v) is 5.42. The Hall–Kier alpha value is -0.760. The van der Waals surface area contributed by atoms with Gasteiger partial charge in [0.15, 0.2) is 0 Å². The van der Waals surface area contributed by atoms with E-state index in [2.05, 4.69) is 4.18 Å². The van der Waals surface area contributed by atoms with Crippen molar-refractivity contribution in [3.8, 4) is 0 Å². The van der Waals surface area contributed by atoms with Gasteiger partial charge in [0.25, 0.3) is 0 Å². The lowest BCUT2D eigenvalue weighted by atomic mass is 9.88. The van der Waals surface area contributed by atoms with E-state index < -0.39 is 22.2 Å². The lowest BCUT2D eigenvalue weighted by molar-refractivity contribution is -0.0525. The number of alkyl halides is 3. The molecule has 0 heterocycles. The van der Waals surface area contributed by atoms with E-state index >= 15 is 0 Å². The van der Waals surface area contributed by atoms with Crippen LogP contribution in [0.25, 0.3) is 0 Å². The van der Waals surface area contributed by atoms with Crippen molar-refractivity contribution in [3.05, 3.63) is 11.3 Å². The molecule has 0 saturated heterocycles. The van der Waals surface area contributed by atoms with Gasteiger partial charge in [0.2, 0.25) is 0 Å². The van der Waals surface area contributed by atoms with Crippen LogP contribution in [0, 0.1) is 5.92 Å². The molecule has 0 amide bonds. The second-order valence-electron chi connectivity index (χ2n) is 3.88. The van der Waals surface area contributed by atoms with Crippen molar-refractivity contribution in [2.45, 2.75) is 31.7 Å². The van der Waals surface area contributed by atoms with E-state index in [1.165, 1.54) is 0 Å². The molecule has 1 rings (SSSR count). The molecule has 0 aromatic rings. The number of halogens is 3. The average Bonchev–Trinajstić information content (AvgIpc) is 2.15. The molecule has 1 aliphatic rings. The normalized spacial score (nSPS) is 22.8. The van der Waals surface area contributed by atoms with Gasteiger partial charge in [-0.25, -0.2) is 0 Å². The zero-order chi connectivity index (χ0) is 13.3. The van der Waals surface area contributed by atoms with Crippen LogP contribution in [0.3, 0.4) is 0 Å².